The fourth-order valence-corrected chi connectivity index (χ4v) is 4.48. The highest BCUT2D eigenvalue weighted by atomic mass is 79.9. The second-order valence-electron chi connectivity index (χ2n) is 4.05. The van der Waals surface area contributed by atoms with Crippen molar-refractivity contribution in [2.24, 2.45) is 0 Å². The molecule has 0 amide bonds. The Morgan fingerprint density at radius 2 is 2.13 bits per heavy atom. The lowest BCUT2D eigenvalue weighted by atomic mass is 10.0. The Morgan fingerprint density at radius 3 is 2.73 bits per heavy atom. The molecule has 1 saturated heterocycles. The number of hydrogen-bond donors (Lipinski definition) is 0. The average molecular weight is 298 g/mol. The molecule has 1 heterocycles. The van der Waals surface area contributed by atoms with Gasteiger partial charge in [0.2, 0.25) is 10.0 Å². The first-order valence-corrected chi connectivity index (χ1v) is 8.40. The normalized spacial score (nSPS) is 24.3. The molecule has 0 aromatic rings. The molecule has 0 bridgehead atoms. The summed E-state index contributed by atoms with van der Waals surface area (Å²) >= 11 is 3.40. The van der Waals surface area contributed by atoms with E-state index < -0.39 is 10.0 Å². The van der Waals surface area contributed by atoms with Gasteiger partial charge in [-0.15, -0.1) is 0 Å². The van der Waals surface area contributed by atoms with E-state index in [1.54, 1.807) is 4.31 Å². The van der Waals surface area contributed by atoms with Gasteiger partial charge in [0.05, 0.1) is 5.75 Å². The quantitative estimate of drug-likeness (QED) is 0.731. The summed E-state index contributed by atoms with van der Waals surface area (Å²) in [6.07, 6.45) is 4.84. The van der Waals surface area contributed by atoms with E-state index >= 15 is 0 Å². The molecule has 1 aliphatic rings. The van der Waals surface area contributed by atoms with Gasteiger partial charge >= 0.3 is 0 Å². The van der Waals surface area contributed by atoms with Crippen molar-refractivity contribution in [1.82, 2.24) is 4.31 Å². The summed E-state index contributed by atoms with van der Waals surface area (Å²) in [4.78, 5) is 0. The molecule has 3 nitrogen and oxygen atoms in total. The van der Waals surface area contributed by atoms with Crippen LogP contribution in [-0.4, -0.2) is 36.4 Å². The summed E-state index contributed by atoms with van der Waals surface area (Å²) in [5, 5.41) is 0.885. The third-order valence-corrected chi connectivity index (χ3v) is 5.41. The van der Waals surface area contributed by atoms with Gasteiger partial charge in [-0.25, -0.2) is 8.42 Å². The zero-order chi connectivity index (χ0) is 11.3. The van der Waals surface area contributed by atoms with E-state index in [1.807, 2.05) is 6.92 Å². The van der Waals surface area contributed by atoms with E-state index in [4.69, 9.17) is 0 Å². The maximum atomic E-state index is 12.0. The predicted molar refractivity (Wildman–Crippen MR) is 66.8 cm³/mol. The van der Waals surface area contributed by atoms with Crippen molar-refractivity contribution >= 4 is 26.0 Å². The molecule has 90 valence electrons. The zero-order valence-corrected chi connectivity index (χ0v) is 11.7. The number of piperidine rings is 1. The maximum absolute atomic E-state index is 12.0. The summed E-state index contributed by atoms with van der Waals surface area (Å²) in [6, 6.07) is 0.231. The predicted octanol–water partition coefficient (Wildman–Crippen LogP) is 2.37. The van der Waals surface area contributed by atoms with Crippen molar-refractivity contribution in [2.45, 2.75) is 45.1 Å². The molecule has 0 saturated carbocycles. The van der Waals surface area contributed by atoms with E-state index in [2.05, 4.69) is 15.9 Å². The van der Waals surface area contributed by atoms with E-state index in [9.17, 15) is 8.42 Å². The molecule has 1 unspecified atom stereocenters. The van der Waals surface area contributed by atoms with Gasteiger partial charge < -0.3 is 0 Å². The lowest BCUT2D eigenvalue weighted by Gasteiger charge is -2.34. The van der Waals surface area contributed by atoms with Crippen LogP contribution in [-0.2, 0) is 10.0 Å². The Kier molecular flexibility index (Phi) is 5.57. The van der Waals surface area contributed by atoms with Crippen molar-refractivity contribution in [3.63, 3.8) is 0 Å². The highest BCUT2D eigenvalue weighted by molar-refractivity contribution is 9.09. The molecular formula is C10H20BrNO2S. The molecule has 1 rings (SSSR count). The van der Waals surface area contributed by atoms with Crippen LogP contribution in [0, 0.1) is 0 Å². The third kappa shape index (κ3) is 3.71. The van der Waals surface area contributed by atoms with Crippen molar-refractivity contribution in [2.75, 3.05) is 17.6 Å². The van der Waals surface area contributed by atoms with Gasteiger partial charge in [0.15, 0.2) is 0 Å². The molecule has 5 heteroatoms. The van der Waals surface area contributed by atoms with Crippen molar-refractivity contribution in [3.05, 3.63) is 0 Å². The van der Waals surface area contributed by atoms with Crippen LogP contribution >= 0.6 is 15.9 Å². The number of nitrogens with zero attached hydrogens (tertiary/aromatic N) is 1. The molecule has 1 atom stereocenters. The number of alkyl halides is 1. The Morgan fingerprint density at radius 1 is 1.40 bits per heavy atom. The molecule has 1 fully saturated rings. The molecule has 0 aliphatic carbocycles. The number of sulfonamides is 1. The molecule has 0 radical (unpaired) electrons. The molecule has 15 heavy (non-hydrogen) atoms. The second kappa shape index (κ2) is 6.21. The van der Waals surface area contributed by atoms with Crippen LogP contribution < -0.4 is 0 Å². The Bertz CT molecular complexity index is 277. The topological polar surface area (TPSA) is 37.4 Å². The summed E-state index contributed by atoms with van der Waals surface area (Å²) < 4.78 is 25.7. The monoisotopic (exact) mass is 297 g/mol. The second-order valence-corrected chi connectivity index (χ2v) is 6.89. The molecule has 0 aromatic carbocycles. The molecule has 0 spiro atoms. The summed E-state index contributed by atoms with van der Waals surface area (Å²) in [6.45, 7) is 2.64. The average Bonchev–Trinajstić information content (AvgIpc) is 2.19. The summed E-state index contributed by atoms with van der Waals surface area (Å²) in [5.74, 6) is 0.297. The largest absolute Gasteiger partial charge is 0.214 e. The van der Waals surface area contributed by atoms with Gasteiger partial charge in [-0.3, -0.25) is 0 Å². The van der Waals surface area contributed by atoms with Gasteiger partial charge in [-0.05, 0) is 25.7 Å². The highest BCUT2D eigenvalue weighted by Crippen LogP contribution is 2.23. The lowest BCUT2D eigenvalue weighted by Crippen LogP contribution is -2.44. The molecular weight excluding hydrogens is 278 g/mol. The minimum Gasteiger partial charge on any atom is -0.212 e. The van der Waals surface area contributed by atoms with E-state index in [0.29, 0.717) is 12.2 Å². The van der Waals surface area contributed by atoms with E-state index in [1.165, 1.54) is 0 Å². The van der Waals surface area contributed by atoms with Crippen LogP contribution in [0.5, 0.6) is 0 Å². The molecule has 0 N–H and O–H groups in total. The maximum Gasteiger partial charge on any atom is 0.214 e. The number of hydrogen-bond acceptors (Lipinski definition) is 2. The SMILES string of the molecule is CCCS(=O)(=O)N1CCCCC1CCBr. The Hall–Kier alpha value is 0.390. The fourth-order valence-electron chi connectivity index (χ4n) is 2.13. The van der Waals surface area contributed by atoms with E-state index in [-0.39, 0.29) is 6.04 Å². The van der Waals surface area contributed by atoms with Gasteiger partial charge in [0.1, 0.15) is 0 Å². The summed E-state index contributed by atoms with van der Waals surface area (Å²) in [7, 11) is -2.99. The first-order chi connectivity index (χ1) is 7.11. The third-order valence-electron chi connectivity index (χ3n) is 2.83. The van der Waals surface area contributed by atoms with Gasteiger partial charge in [-0.2, -0.15) is 4.31 Å². The Balaban J connectivity index is 2.70. The van der Waals surface area contributed by atoms with Gasteiger partial charge in [0, 0.05) is 17.9 Å². The van der Waals surface area contributed by atoms with Crippen LogP contribution in [0.25, 0.3) is 0 Å². The van der Waals surface area contributed by atoms with Crippen LogP contribution in [0.1, 0.15) is 39.0 Å². The van der Waals surface area contributed by atoms with Crippen LogP contribution in [0.15, 0.2) is 0 Å². The van der Waals surface area contributed by atoms with Gasteiger partial charge in [0.25, 0.3) is 0 Å². The van der Waals surface area contributed by atoms with Crippen LogP contribution in [0.2, 0.25) is 0 Å². The minimum absolute atomic E-state index is 0.231. The minimum atomic E-state index is -2.99. The van der Waals surface area contributed by atoms with Crippen molar-refractivity contribution < 1.29 is 8.42 Å². The zero-order valence-electron chi connectivity index (χ0n) is 9.28. The Labute approximate surface area is 101 Å². The standard InChI is InChI=1S/C10H20BrNO2S/c1-2-9-15(13,14)12-8-4-3-5-10(12)6-7-11/h10H,2-9H2,1H3. The summed E-state index contributed by atoms with van der Waals surface area (Å²) in [5.41, 5.74) is 0. The number of halogens is 1. The van der Waals surface area contributed by atoms with Crippen molar-refractivity contribution in [3.8, 4) is 0 Å². The van der Waals surface area contributed by atoms with E-state index in [0.717, 1.165) is 37.6 Å². The van der Waals surface area contributed by atoms with Crippen LogP contribution in [0.4, 0.5) is 0 Å². The molecule has 0 aromatic heterocycles. The highest BCUT2D eigenvalue weighted by Gasteiger charge is 2.30. The smallest absolute Gasteiger partial charge is 0.212 e. The van der Waals surface area contributed by atoms with Gasteiger partial charge in [-0.1, -0.05) is 29.3 Å². The first kappa shape index (κ1) is 13.5. The first-order valence-electron chi connectivity index (χ1n) is 5.67. The molecule has 1 aliphatic heterocycles. The number of rotatable bonds is 5. The van der Waals surface area contributed by atoms with Crippen LogP contribution in [0.3, 0.4) is 0 Å². The lowest BCUT2D eigenvalue weighted by molar-refractivity contribution is 0.248. The fraction of sp³-hybridized carbons (Fsp3) is 1.00. The van der Waals surface area contributed by atoms with Crippen molar-refractivity contribution in [1.29, 1.82) is 0 Å².